The van der Waals surface area contributed by atoms with Crippen LogP contribution in [-0.4, -0.2) is 49.6 Å². The highest BCUT2D eigenvalue weighted by molar-refractivity contribution is 5.95. The number of ether oxygens (including phenoxy) is 1. The molecule has 0 saturated carbocycles. The molecular formula is C25H34N4O3. The summed E-state index contributed by atoms with van der Waals surface area (Å²) in [5.41, 5.74) is 2.28. The van der Waals surface area contributed by atoms with Gasteiger partial charge >= 0.3 is 6.03 Å². The smallest absolute Gasteiger partial charge is 0.319 e. The number of methoxy groups -OCH3 is 1. The Morgan fingerprint density at radius 3 is 2.34 bits per heavy atom. The van der Waals surface area contributed by atoms with Crippen molar-refractivity contribution in [2.45, 2.75) is 45.2 Å². The standard InChI is InChI=1S/C25H34N4O3/c1-18(2)27-25(31)28-20-13-11-19(12-14-20)24(30)26-17-22(29-15-7-4-8-16-29)21-9-5-6-10-23(21)32-3/h5-6,9-14,18,22H,4,7-8,15-17H2,1-3H3,(H,26,30)(H2,27,28,31). The lowest BCUT2D eigenvalue weighted by Gasteiger charge is -2.35. The maximum atomic E-state index is 12.8. The first-order chi connectivity index (χ1) is 15.5. The summed E-state index contributed by atoms with van der Waals surface area (Å²) in [6.45, 7) is 6.31. The highest BCUT2D eigenvalue weighted by Crippen LogP contribution is 2.31. The number of urea groups is 1. The number of piperidine rings is 1. The second kappa shape index (κ2) is 11.5. The SMILES string of the molecule is COc1ccccc1C(CNC(=O)c1ccc(NC(=O)NC(C)C)cc1)N1CCCCC1. The molecular weight excluding hydrogens is 404 g/mol. The van der Waals surface area contributed by atoms with Gasteiger partial charge in [0.1, 0.15) is 5.75 Å². The van der Waals surface area contributed by atoms with E-state index in [2.05, 4.69) is 26.9 Å². The van der Waals surface area contributed by atoms with Crippen LogP contribution in [0.5, 0.6) is 5.75 Å². The molecule has 172 valence electrons. The molecule has 2 aromatic carbocycles. The summed E-state index contributed by atoms with van der Waals surface area (Å²) in [7, 11) is 1.68. The van der Waals surface area contributed by atoms with Gasteiger partial charge in [0.15, 0.2) is 0 Å². The van der Waals surface area contributed by atoms with Crippen LogP contribution in [0.4, 0.5) is 10.5 Å². The van der Waals surface area contributed by atoms with Crippen LogP contribution in [0.15, 0.2) is 48.5 Å². The molecule has 0 aliphatic carbocycles. The predicted octanol–water partition coefficient (Wildman–Crippen LogP) is 4.18. The second-order valence-electron chi connectivity index (χ2n) is 8.39. The number of nitrogens with zero attached hydrogens (tertiary/aromatic N) is 1. The third-order valence-corrected chi connectivity index (χ3v) is 5.61. The van der Waals surface area contributed by atoms with Gasteiger partial charge in [-0.1, -0.05) is 24.6 Å². The number of hydrogen-bond donors (Lipinski definition) is 3. The molecule has 0 bridgehead atoms. The highest BCUT2D eigenvalue weighted by atomic mass is 16.5. The molecule has 7 nitrogen and oxygen atoms in total. The van der Waals surface area contributed by atoms with E-state index in [0.29, 0.717) is 17.8 Å². The zero-order valence-electron chi connectivity index (χ0n) is 19.2. The van der Waals surface area contributed by atoms with E-state index in [1.807, 2.05) is 32.0 Å². The number of nitrogens with one attached hydrogen (secondary N) is 3. The molecule has 1 atom stereocenters. The van der Waals surface area contributed by atoms with E-state index in [1.54, 1.807) is 31.4 Å². The topological polar surface area (TPSA) is 82.7 Å². The summed E-state index contributed by atoms with van der Waals surface area (Å²) in [4.78, 5) is 27.1. The van der Waals surface area contributed by atoms with Crippen molar-refractivity contribution >= 4 is 17.6 Å². The number of benzene rings is 2. The summed E-state index contributed by atoms with van der Waals surface area (Å²) < 4.78 is 5.60. The van der Waals surface area contributed by atoms with Gasteiger partial charge in [0.2, 0.25) is 0 Å². The van der Waals surface area contributed by atoms with Crippen LogP contribution in [0.1, 0.15) is 55.1 Å². The molecule has 7 heteroatoms. The fourth-order valence-corrected chi connectivity index (χ4v) is 4.03. The van der Waals surface area contributed by atoms with E-state index in [0.717, 1.165) is 24.4 Å². The van der Waals surface area contributed by atoms with Crippen molar-refractivity contribution in [3.63, 3.8) is 0 Å². The Labute approximate surface area is 190 Å². The Kier molecular flexibility index (Phi) is 8.50. The summed E-state index contributed by atoms with van der Waals surface area (Å²) in [6.07, 6.45) is 3.58. The number of rotatable bonds is 8. The molecule has 1 heterocycles. The largest absolute Gasteiger partial charge is 0.496 e. The van der Waals surface area contributed by atoms with Gasteiger partial charge in [0.05, 0.1) is 13.2 Å². The van der Waals surface area contributed by atoms with Gasteiger partial charge in [-0.2, -0.15) is 0 Å². The second-order valence-corrected chi connectivity index (χ2v) is 8.39. The van der Waals surface area contributed by atoms with Gasteiger partial charge < -0.3 is 20.7 Å². The van der Waals surface area contributed by atoms with E-state index in [-0.39, 0.29) is 24.0 Å². The van der Waals surface area contributed by atoms with Crippen molar-refractivity contribution < 1.29 is 14.3 Å². The van der Waals surface area contributed by atoms with Gasteiger partial charge in [0, 0.05) is 29.4 Å². The van der Waals surface area contributed by atoms with Gasteiger partial charge in [-0.05, 0) is 70.1 Å². The van der Waals surface area contributed by atoms with Crippen LogP contribution >= 0.6 is 0 Å². The number of likely N-dealkylation sites (tertiary alicyclic amines) is 1. The fraction of sp³-hybridized carbons (Fsp3) is 0.440. The lowest BCUT2D eigenvalue weighted by Crippen LogP contribution is -2.40. The summed E-state index contributed by atoms with van der Waals surface area (Å²) in [5, 5.41) is 8.63. The Morgan fingerprint density at radius 1 is 1.00 bits per heavy atom. The maximum absolute atomic E-state index is 12.8. The molecule has 1 fully saturated rings. The fourth-order valence-electron chi connectivity index (χ4n) is 4.03. The van der Waals surface area contributed by atoms with Gasteiger partial charge in [-0.3, -0.25) is 9.69 Å². The molecule has 1 saturated heterocycles. The molecule has 1 aliphatic heterocycles. The minimum absolute atomic E-state index is 0.0519. The van der Waals surface area contributed by atoms with Crippen molar-refractivity contribution in [1.29, 1.82) is 0 Å². The Hall–Kier alpha value is -3.06. The van der Waals surface area contributed by atoms with Crippen LogP contribution in [0.3, 0.4) is 0 Å². The molecule has 0 radical (unpaired) electrons. The monoisotopic (exact) mass is 438 g/mol. The summed E-state index contributed by atoms with van der Waals surface area (Å²) in [5.74, 6) is 0.701. The molecule has 1 unspecified atom stereocenters. The third kappa shape index (κ3) is 6.47. The molecule has 32 heavy (non-hydrogen) atoms. The molecule has 3 N–H and O–H groups in total. The van der Waals surface area contributed by atoms with Crippen molar-refractivity contribution in [3.05, 3.63) is 59.7 Å². The third-order valence-electron chi connectivity index (χ3n) is 5.61. The first kappa shape index (κ1) is 23.6. The van der Waals surface area contributed by atoms with Gasteiger partial charge in [-0.25, -0.2) is 4.79 Å². The van der Waals surface area contributed by atoms with Crippen molar-refractivity contribution in [2.24, 2.45) is 0 Å². The number of para-hydroxylation sites is 1. The quantitative estimate of drug-likeness (QED) is 0.577. The Bertz CT molecular complexity index is 892. The molecule has 2 aromatic rings. The van der Waals surface area contributed by atoms with E-state index < -0.39 is 0 Å². The number of anilines is 1. The van der Waals surface area contributed by atoms with Crippen molar-refractivity contribution in [3.8, 4) is 5.75 Å². The molecule has 3 amide bonds. The van der Waals surface area contributed by atoms with E-state index in [9.17, 15) is 9.59 Å². The predicted molar refractivity (Wildman–Crippen MR) is 127 cm³/mol. The highest BCUT2D eigenvalue weighted by Gasteiger charge is 2.25. The lowest BCUT2D eigenvalue weighted by atomic mass is 10.0. The van der Waals surface area contributed by atoms with Crippen LogP contribution in [-0.2, 0) is 0 Å². The average molecular weight is 439 g/mol. The molecule has 1 aliphatic rings. The van der Waals surface area contributed by atoms with E-state index >= 15 is 0 Å². The number of hydrogen-bond acceptors (Lipinski definition) is 4. The van der Waals surface area contributed by atoms with Crippen LogP contribution in [0.25, 0.3) is 0 Å². The van der Waals surface area contributed by atoms with Crippen molar-refractivity contribution in [2.75, 3.05) is 32.1 Å². The average Bonchev–Trinajstić information content (AvgIpc) is 2.80. The Balaban J connectivity index is 1.66. The molecule has 3 rings (SSSR count). The lowest BCUT2D eigenvalue weighted by molar-refractivity contribution is 0.0923. The minimum Gasteiger partial charge on any atom is -0.496 e. The first-order valence-corrected chi connectivity index (χ1v) is 11.3. The zero-order chi connectivity index (χ0) is 22.9. The minimum atomic E-state index is -0.265. The van der Waals surface area contributed by atoms with Gasteiger partial charge in [-0.15, -0.1) is 0 Å². The van der Waals surface area contributed by atoms with Gasteiger partial charge in [0.25, 0.3) is 5.91 Å². The number of amides is 3. The van der Waals surface area contributed by atoms with Crippen LogP contribution < -0.4 is 20.7 Å². The number of carbonyl (C=O) groups excluding carboxylic acids is 2. The van der Waals surface area contributed by atoms with E-state index in [1.165, 1.54) is 19.3 Å². The van der Waals surface area contributed by atoms with E-state index in [4.69, 9.17) is 4.74 Å². The Morgan fingerprint density at radius 2 is 1.69 bits per heavy atom. The van der Waals surface area contributed by atoms with Crippen molar-refractivity contribution in [1.82, 2.24) is 15.5 Å². The van der Waals surface area contributed by atoms with Crippen LogP contribution in [0, 0.1) is 0 Å². The zero-order valence-corrected chi connectivity index (χ0v) is 19.2. The summed E-state index contributed by atoms with van der Waals surface area (Å²) in [6, 6.07) is 14.8. The molecule has 0 spiro atoms. The summed E-state index contributed by atoms with van der Waals surface area (Å²) >= 11 is 0. The first-order valence-electron chi connectivity index (χ1n) is 11.3. The van der Waals surface area contributed by atoms with Crippen LogP contribution in [0.2, 0.25) is 0 Å². The number of carbonyl (C=O) groups is 2. The normalized spacial score (nSPS) is 15.1. The maximum Gasteiger partial charge on any atom is 0.319 e. The molecule has 0 aromatic heterocycles.